The van der Waals surface area contributed by atoms with E-state index in [1.807, 2.05) is 12.1 Å². The molecule has 2 aromatic carbocycles. The van der Waals surface area contributed by atoms with Gasteiger partial charge >= 0.3 is 5.97 Å². The van der Waals surface area contributed by atoms with Gasteiger partial charge in [0.05, 0.1) is 18.0 Å². The number of carbonyl (C=O) groups is 1. The molecular formula is C42H63N5O2S. The number of benzene rings is 2. The Morgan fingerprint density at radius 2 is 1.38 bits per heavy atom. The van der Waals surface area contributed by atoms with E-state index in [0.717, 1.165) is 49.3 Å². The molecule has 0 saturated carbocycles. The molecule has 8 heteroatoms. The van der Waals surface area contributed by atoms with Crippen molar-refractivity contribution >= 4 is 44.4 Å². The maximum Gasteiger partial charge on any atom is 0.341 e. The van der Waals surface area contributed by atoms with Crippen LogP contribution < -0.4 is 4.90 Å². The molecule has 0 aliphatic heterocycles. The van der Waals surface area contributed by atoms with E-state index in [-0.39, 0.29) is 0 Å². The normalized spacial score (nSPS) is 12.9. The second-order valence-corrected chi connectivity index (χ2v) is 14.7. The molecule has 1 aromatic heterocycles. The van der Waals surface area contributed by atoms with Crippen LogP contribution >= 0.6 is 11.3 Å². The van der Waals surface area contributed by atoms with E-state index in [0.29, 0.717) is 34.0 Å². The highest BCUT2D eigenvalue weighted by Crippen LogP contribution is 2.39. The van der Waals surface area contributed by atoms with E-state index >= 15 is 0 Å². The van der Waals surface area contributed by atoms with Crippen LogP contribution in [0, 0.1) is 18.8 Å². The maximum atomic E-state index is 13.1. The van der Waals surface area contributed by atoms with Gasteiger partial charge in [-0.15, -0.1) is 20.5 Å². The molecule has 0 N–H and O–H groups in total. The highest BCUT2D eigenvalue weighted by atomic mass is 32.1. The van der Waals surface area contributed by atoms with Crippen LogP contribution in [0.1, 0.15) is 140 Å². The first-order chi connectivity index (χ1) is 24.3. The quantitative estimate of drug-likeness (QED) is 0.0530. The summed E-state index contributed by atoms with van der Waals surface area (Å²) in [5.41, 5.74) is 5.54. The Labute approximate surface area is 307 Å². The molecule has 7 nitrogen and oxygen atoms in total. The molecule has 0 aliphatic rings. The summed E-state index contributed by atoms with van der Waals surface area (Å²) in [5.74, 6) is 0.962. The van der Waals surface area contributed by atoms with Gasteiger partial charge in [-0.1, -0.05) is 116 Å². The Bertz CT molecular complexity index is 1450. The first-order valence-electron chi connectivity index (χ1n) is 19.4. The monoisotopic (exact) mass is 701 g/mol. The number of nitrogens with zero attached hydrogens (tertiary/aromatic N) is 5. The minimum atomic E-state index is -0.407. The summed E-state index contributed by atoms with van der Waals surface area (Å²) >= 11 is 1.30. The zero-order chi connectivity index (χ0) is 36.1. The molecule has 0 saturated heterocycles. The van der Waals surface area contributed by atoms with Gasteiger partial charge in [0, 0.05) is 18.8 Å². The number of thiophene rings is 1. The molecule has 50 heavy (non-hydrogen) atoms. The average Bonchev–Trinajstić information content (AvgIpc) is 3.55. The van der Waals surface area contributed by atoms with Gasteiger partial charge in [0.1, 0.15) is 10.6 Å². The number of anilines is 1. The summed E-state index contributed by atoms with van der Waals surface area (Å²) in [4.78, 5) is 15.7. The van der Waals surface area contributed by atoms with Gasteiger partial charge in [0.2, 0.25) is 0 Å². The van der Waals surface area contributed by atoms with E-state index in [1.165, 1.54) is 86.8 Å². The van der Waals surface area contributed by atoms with Crippen molar-refractivity contribution < 1.29 is 9.53 Å². The molecule has 3 aromatic rings. The summed E-state index contributed by atoms with van der Waals surface area (Å²) in [7, 11) is 0. The van der Waals surface area contributed by atoms with Gasteiger partial charge in [0.25, 0.3) is 0 Å². The summed E-state index contributed by atoms with van der Waals surface area (Å²) in [6.07, 6.45) is 15.2. The van der Waals surface area contributed by atoms with Crippen molar-refractivity contribution in [1.82, 2.24) is 0 Å². The van der Waals surface area contributed by atoms with Crippen LogP contribution in [0.3, 0.4) is 0 Å². The lowest BCUT2D eigenvalue weighted by molar-refractivity contribution is 0.0501. The van der Waals surface area contributed by atoms with Crippen LogP contribution in [0.2, 0.25) is 0 Å². The summed E-state index contributed by atoms with van der Waals surface area (Å²) in [6.45, 7) is 18.1. The van der Waals surface area contributed by atoms with Crippen molar-refractivity contribution in [2.75, 3.05) is 24.6 Å². The zero-order valence-corrected chi connectivity index (χ0v) is 32.9. The lowest BCUT2D eigenvalue weighted by Gasteiger charge is -2.33. The third-order valence-corrected chi connectivity index (χ3v) is 10.4. The smallest absolute Gasteiger partial charge is 0.341 e. The molecule has 2 atom stereocenters. The average molecular weight is 702 g/mol. The molecule has 0 aliphatic carbocycles. The highest BCUT2D eigenvalue weighted by Gasteiger charge is 2.20. The molecule has 0 fully saturated rings. The van der Waals surface area contributed by atoms with E-state index in [2.05, 4.69) is 104 Å². The maximum absolute atomic E-state index is 13.1. The van der Waals surface area contributed by atoms with Crippen molar-refractivity contribution in [2.24, 2.45) is 32.3 Å². The summed E-state index contributed by atoms with van der Waals surface area (Å²) < 4.78 is 5.57. The fourth-order valence-corrected chi connectivity index (χ4v) is 6.82. The van der Waals surface area contributed by atoms with Gasteiger partial charge in [-0.25, -0.2) is 4.79 Å². The number of aryl methyl sites for hydroxylation is 2. The molecule has 0 bridgehead atoms. The molecule has 2 unspecified atom stereocenters. The predicted octanol–water partition coefficient (Wildman–Crippen LogP) is 14.4. The lowest BCUT2D eigenvalue weighted by atomic mass is 9.95. The summed E-state index contributed by atoms with van der Waals surface area (Å²) in [5, 5.41) is 19.2. The van der Waals surface area contributed by atoms with Gasteiger partial charge in [0.15, 0.2) is 5.00 Å². The van der Waals surface area contributed by atoms with Crippen LogP contribution in [-0.4, -0.2) is 25.7 Å². The summed E-state index contributed by atoms with van der Waals surface area (Å²) in [6, 6.07) is 16.4. The standard InChI is InChI=1S/C42H63N5O2S/c1-8-14-18-33(12-5)30-47(31-34(13-6)19-15-9-2)37-25-26-39(32(7)28-37)44-46-41-38(42(48)49-27-17-11-4)29-40(50-41)45-43-36-23-21-35(22-24-36)20-16-10-3/h21-26,28-29,33-34H,8-20,27,30-31H2,1-7H3. The topological polar surface area (TPSA) is 79.0 Å². The van der Waals surface area contributed by atoms with Gasteiger partial charge in [-0.05, 0) is 98.4 Å². The van der Waals surface area contributed by atoms with E-state index in [1.54, 1.807) is 6.07 Å². The number of hydrogen-bond donors (Lipinski definition) is 0. The number of rotatable bonds is 24. The third-order valence-electron chi connectivity index (χ3n) is 9.51. The van der Waals surface area contributed by atoms with Crippen LogP contribution in [0.5, 0.6) is 0 Å². The van der Waals surface area contributed by atoms with Crippen molar-refractivity contribution in [3.8, 4) is 0 Å². The van der Waals surface area contributed by atoms with Crippen molar-refractivity contribution in [1.29, 1.82) is 0 Å². The Hall–Kier alpha value is -3.39. The van der Waals surface area contributed by atoms with Crippen LogP contribution in [0.25, 0.3) is 0 Å². The number of unbranched alkanes of at least 4 members (excludes halogenated alkanes) is 4. The Kier molecular flexibility index (Phi) is 19.0. The second-order valence-electron chi connectivity index (χ2n) is 13.7. The zero-order valence-electron chi connectivity index (χ0n) is 32.0. The fourth-order valence-electron chi connectivity index (χ4n) is 6.03. The van der Waals surface area contributed by atoms with Gasteiger partial charge in [-0.2, -0.15) is 0 Å². The van der Waals surface area contributed by atoms with E-state index in [9.17, 15) is 4.79 Å². The largest absolute Gasteiger partial charge is 0.462 e. The van der Waals surface area contributed by atoms with E-state index < -0.39 is 5.97 Å². The number of carbonyl (C=O) groups excluding carboxylic acids is 1. The molecule has 0 amide bonds. The van der Waals surface area contributed by atoms with Crippen molar-refractivity contribution in [2.45, 2.75) is 132 Å². The highest BCUT2D eigenvalue weighted by molar-refractivity contribution is 7.19. The van der Waals surface area contributed by atoms with Gasteiger partial charge in [-0.3, -0.25) is 0 Å². The van der Waals surface area contributed by atoms with Crippen molar-refractivity contribution in [3.05, 3.63) is 65.2 Å². The predicted molar refractivity (Wildman–Crippen MR) is 213 cm³/mol. The lowest BCUT2D eigenvalue weighted by Crippen LogP contribution is -2.34. The Morgan fingerprint density at radius 3 is 1.96 bits per heavy atom. The molecule has 0 spiro atoms. The second kappa shape index (κ2) is 23.2. The minimum Gasteiger partial charge on any atom is -0.462 e. The first-order valence-corrected chi connectivity index (χ1v) is 20.3. The fraction of sp³-hybridized carbons (Fsp3) is 0.595. The van der Waals surface area contributed by atoms with Crippen LogP contribution in [0.15, 0.2) is 69.0 Å². The van der Waals surface area contributed by atoms with Gasteiger partial charge < -0.3 is 9.64 Å². The number of azo groups is 2. The van der Waals surface area contributed by atoms with Crippen LogP contribution in [0.4, 0.5) is 27.1 Å². The number of ether oxygens (including phenoxy) is 1. The molecule has 274 valence electrons. The third kappa shape index (κ3) is 13.7. The number of hydrogen-bond acceptors (Lipinski definition) is 8. The first kappa shape index (κ1) is 41.0. The molecule has 1 heterocycles. The minimum absolute atomic E-state index is 0.370. The Balaban J connectivity index is 1.87. The SMILES string of the molecule is CCCCOC(=O)c1cc(N=Nc2ccc(CCCC)cc2)sc1N=Nc1ccc(N(CC(CC)CCCC)CC(CC)CCCC)cc1C. The number of esters is 1. The van der Waals surface area contributed by atoms with Crippen molar-refractivity contribution in [3.63, 3.8) is 0 Å². The van der Waals surface area contributed by atoms with Crippen LogP contribution in [-0.2, 0) is 11.2 Å². The Morgan fingerprint density at radius 1 is 0.740 bits per heavy atom. The van der Waals surface area contributed by atoms with E-state index in [4.69, 9.17) is 4.74 Å². The molecule has 0 radical (unpaired) electrons. The molecule has 3 rings (SSSR count). The molecular weight excluding hydrogens is 639 g/mol.